The number of phenols is 1. The summed E-state index contributed by atoms with van der Waals surface area (Å²) in [5, 5.41) is 18.4. The van der Waals surface area contributed by atoms with E-state index in [0.29, 0.717) is 5.56 Å². The first-order chi connectivity index (χ1) is 10.1. The number of aromatic hydroxyl groups is 1. The lowest BCUT2D eigenvalue weighted by Gasteiger charge is -2.07. The highest BCUT2D eigenvalue weighted by atomic mass is 16.4. The summed E-state index contributed by atoms with van der Waals surface area (Å²) in [7, 11) is 0. The summed E-state index contributed by atoms with van der Waals surface area (Å²) < 4.78 is 0. The predicted molar refractivity (Wildman–Crippen MR) is 87.9 cm³/mol. The van der Waals surface area contributed by atoms with Crippen molar-refractivity contribution < 1.29 is 15.0 Å². The molecule has 0 atom stereocenters. The number of rotatable bonds is 2. The first kappa shape index (κ1) is 18.7. The Morgan fingerprint density at radius 1 is 0.952 bits per heavy atom. The molecule has 0 aliphatic rings. The number of hydrogen-bond acceptors (Lipinski definition) is 2. The number of carboxylic acid groups (broad SMARTS) is 1. The molecule has 21 heavy (non-hydrogen) atoms. The molecule has 2 N–H and O–H groups in total. The third-order valence-corrected chi connectivity index (χ3v) is 2.56. The summed E-state index contributed by atoms with van der Waals surface area (Å²) in [5.74, 6) is -1.09. The normalized spacial score (nSPS) is 8.81. The fourth-order valence-corrected chi connectivity index (χ4v) is 1.77. The molecule has 0 spiro atoms. The van der Waals surface area contributed by atoms with Gasteiger partial charge in [-0.2, -0.15) is 0 Å². The van der Waals surface area contributed by atoms with Crippen molar-refractivity contribution in [3.05, 3.63) is 53.6 Å². The van der Waals surface area contributed by atoms with Crippen molar-refractivity contribution in [2.45, 2.75) is 34.6 Å². The Morgan fingerprint density at radius 3 is 2.10 bits per heavy atom. The summed E-state index contributed by atoms with van der Waals surface area (Å²) in [4.78, 5) is 11.1. The Balaban J connectivity index is 0.000000921. The van der Waals surface area contributed by atoms with E-state index in [1.165, 1.54) is 12.1 Å². The minimum absolute atomic E-state index is 0.0428. The molecule has 3 heteroatoms. The molecule has 0 radical (unpaired) electrons. The van der Waals surface area contributed by atoms with Crippen LogP contribution in [-0.4, -0.2) is 16.2 Å². The maximum Gasteiger partial charge on any atom is 0.336 e. The maximum atomic E-state index is 11.1. The lowest BCUT2D eigenvalue weighted by Crippen LogP contribution is -1.99. The zero-order chi connectivity index (χ0) is 16.4. The van der Waals surface area contributed by atoms with Crippen LogP contribution in [0.3, 0.4) is 0 Å². The molecule has 3 nitrogen and oxygen atoms in total. The van der Waals surface area contributed by atoms with Gasteiger partial charge in [-0.05, 0) is 36.2 Å². The average Bonchev–Trinajstić information content (AvgIpc) is 2.51. The van der Waals surface area contributed by atoms with Gasteiger partial charge in [0.05, 0.1) is 5.56 Å². The van der Waals surface area contributed by atoms with E-state index in [9.17, 15) is 9.90 Å². The van der Waals surface area contributed by atoms with E-state index in [4.69, 9.17) is 5.11 Å². The van der Waals surface area contributed by atoms with Gasteiger partial charge in [-0.3, -0.25) is 0 Å². The van der Waals surface area contributed by atoms with Gasteiger partial charge in [-0.25, -0.2) is 4.79 Å². The van der Waals surface area contributed by atoms with Gasteiger partial charge in [0.2, 0.25) is 0 Å². The summed E-state index contributed by atoms with van der Waals surface area (Å²) >= 11 is 0. The number of benzene rings is 2. The highest BCUT2D eigenvalue weighted by molar-refractivity contribution is 5.96. The Bertz CT molecular complexity index is 574. The second kappa shape index (κ2) is 9.59. The van der Waals surface area contributed by atoms with Crippen molar-refractivity contribution in [1.29, 1.82) is 0 Å². The fraction of sp³-hybridized carbons (Fsp3) is 0.278. The van der Waals surface area contributed by atoms with Crippen LogP contribution in [0.1, 0.15) is 43.6 Å². The Kier molecular flexibility index (Phi) is 8.54. The zero-order valence-corrected chi connectivity index (χ0v) is 13.3. The van der Waals surface area contributed by atoms with Crippen molar-refractivity contribution in [2.24, 2.45) is 0 Å². The Morgan fingerprint density at radius 2 is 1.57 bits per heavy atom. The number of aromatic carboxylic acids is 1. The minimum atomic E-state index is -1.04. The van der Waals surface area contributed by atoms with Crippen LogP contribution in [0, 0.1) is 6.92 Å². The molecule has 0 aliphatic heterocycles. The van der Waals surface area contributed by atoms with Gasteiger partial charge in [-0.15, -0.1) is 0 Å². The molecule has 2 aromatic carbocycles. The smallest absolute Gasteiger partial charge is 0.336 e. The molecule has 0 heterocycles. The van der Waals surface area contributed by atoms with Crippen molar-refractivity contribution in [3.8, 4) is 16.9 Å². The van der Waals surface area contributed by atoms with Crippen LogP contribution < -0.4 is 0 Å². The van der Waals surface area contributed by atoms with E-state index in [2.05, 4.69) is 0 Å². The molecule has 0 bridgehead atoms. The Hall–Kier alpha value is -2.29. The molecule has 0 aromatic heterocycles. The molecule has 114 valence electrons. The monoisotopic (exact) mass is 288 g/mol. The second-order valence-corrected chi connectivity index (χ2v) is 3.90. The van der Waals surface area contributed by atoms with Gasteiger partial charge in [0.1, 0.15) is 5.75 Å². The molecule has 2 aromatic rings. The fourth-order valence-electron chi connectivity index (χ4n) is 1.77. The standard InChI is InChI=1S/C14H12O3.2C2H6/c1-9-3-2-4-10(7-9)12-6-5-11(15)8-13(12)14(16)17;2*1-2/h2-8,15H,1H3,(H,16,17);2*1-2H3. The molecular weight excluding hydrogens is 264 g/mol. The third-order valence-electron chi connectivity index (χ3n) is 2.56. The molecule has 0 saturated heterocycles. The van der Waals surface area contributed by atoms with Crippen molar-refractivity contribution in [2.75, 3.05) is 0 Å². The summed E-state index contributed by atoms with van der Waals surface area (Å²) in [6.07, 6.45) is 0. The molecule has 0 unspecified atom stereocenters. The van der Waals surface area contributed by atoms with Gasteiger partial charge < -0.3 is 10.2 Å². The van der Waals surface area contributed by atoms with E-state index in [1.54, 1.807) is 6.07 Å². The topological polar surface area (TPSA) is 57.5 Å². The summed E-state index contributed by atoms with van der Waals surface area (Å²) in [6, 6.07) is 12.0. The average molecular weight is 288 g/mol. The third kappa shape index (κ3) is 5.30. The van der Waals surface area contributed by atoms with Gasteiger partial charge in [0.15, 0.2) is 0 Å². The van der Waals surface area contributed by atoms with Crippen LogP contribution >= 0.6 is 0 Å². The number of aryl methyl sites for hydroxylation is 1. The van der Waals surface area contributed by atoms with Crippen LogP contribution in [0.15, 0.2) is 42.5 Å². The molecule has 0 aliphatic carbocycles. The summed E-state index contributed by atoms with van der Waals surface area (Å²) in [5.41, 5.74) is 2.61. The number of carboxylic acids is 1. The molecule has 0 saturated carbocycles. The van der Waals surface area contributed by atoms with Crippen molar-refractivity contribution in [1.82, 2.24) is 0 Å². The molecule has 0 fully saturated rings. The van der Waals surface area contributed by atoms with E-state index >= 15 is 0 Å². The van der Waals surface area contributed by atoms with Crippen molar-refractivity contribution >= 4 is 5.97 Å². The molecular formula is C18H24O3. The number of carbonyl (C=O) groups is 1. The zero-order valence-electron chi connectivity index (χ0n) is 13.3. The first-order valence-corrected chi connectivity index (χ1v) is 7.21. The quantitative estimate of drug-likeness (QED) is 0.806. The van der Waals surface area contributed by atoms with Gasteiger partial charge in [-0.1, -0.05) is 57.5 Å². The van der Waals surface area contributed by atoms with Crippen LogP contribution in [-0.2, 0) is 0 Å². The van der Waals surface area contributed by atoms with Crippen LogP contribution in [0.2, 0.25) is 0 Å². The van der Waals surface area contributed by atoms with Crippen LogP contribution in [0.4, 0.5) is 0 Å². The predicted octanol–water partition coefficient (Wildman–Crippen LogP) is 5.12. The lowest BCUT2D eigenvalue weighted by atomic mass is 9.98. The van der Waals surface area contributed by atoms with Crippen LogP contribution in [0.25, 0.3) is 11.1 Å². The van der Waals surface area contributed by atoms with Gasteiger partial charge in [0, 0.05) is 0 Å². The SMILES string of the molecule is CC.CC.Cc1cccc(-c2ccc(O)cc2C(=O)O)c1. The van der Waals surface area contributed by atoms with E-state index in [-0.39, 0.29) is 11.3 Å². The number of hydrogen-bond donors (Lipinski definition) is 2. The van der Waals surface area contributed by atoms with E-state index < -0.39 is 5.97 Å². The number of phenolic OH excluding ortho intramolecular Hbond substituents is 1. The van der Waals surface area contributed by atoms with Gasteiger partial charge >= 0.3 is 5.97 Å². The Labute approximate surface area is 126 Å². The van der Waals surface area contributed by atoms with Crippen molar-refractivity contribution in [3.63, 3.8) is 0 Å². The molecule has 0 amide bonds. The lowest BCUT2D eigenvalue weighted by molar-refractivity contribution is 0.0697. The highest BCUT2D eigenvalue weighted by Crippen LogP contribution is 2.27. The maximum absolute atomic E-state index is 11.1. The van der Waals surface area contributed by atoms with E-state index in [0.717, 1.165) is 11.1 Å². The van der Waals surface area contributed by atoms with Crippen LogP contribution in [0.5, 0.6) is 5.75 Å². The van der Waals surface area contributed by atoms with Gasteiger partial charge in [0.25, 0.3) is 0 Å². The largest absolute Gasteiger partial charge is 0.508 e. The highest BCUT2D eigenvalue weighted by Gasteiger charge is 2.12. The molecule has 2 rings (SSSR count). The second-order valence-electron chi connectivity index (χ2n) is 3.90. The summed E-state index contributed by atoms with van der Waals surface area (Å²) in [6.45, 7) is 9.95. The van der Waals surface area contributed by atoms with E-state index in [1.807, 2.05) is 58.9 Å². The minimum Gasteiger partial charge on any atom is -0.508 e. The first-order valence-electron chi connectivity index (χ1n) is 7.21.